The lowest BCUT2D eigenvalue weighted by Gasteiger charge is -2.06. The maximum absolute atomic E-state index is 12.2. The van der Waals surface area contributed by atoms with Gasteiger partial charge >= 0.3 is 5.97 Å². The van der Waals surface area contributed by atoms with Crippen LogP contribution in [0.4, 0.5) is 5.69 Å². The second-order valence-electron chi connectivity index (χ2n) is 4.26. The van der Waals surface area contributed by atoms with Gasteiger partial charge in [0.05, 0.1) is 23.8 Å². The van der Waals surface area contributed by atoms with E-state index in [1.165, 1.54) is 18.2 Å². The molecular formula is C12H13N3O5S. The monoisotopic (exact) mass is 311 g/mol. The molecule has 0 aliphatic heterocycles. The predicted molar refractivity (Wildman–Crippen MR) is 76.8 cm³/mol. The van der Waals surface area contributed by atoms with Gasteiger partial charge in [-0.1, -0.05) is 0 Å². The highest BCUT2D eigenvalue weighted by molar-refractivity contribution is 7.92. The highest BCUT2D eigenvalue weighted by Gasteiger charge is 2.16. The lowest BCUT2D eigenvalue weighted by atomic mass is 10.2. The fourth-order valence-electron chi connectivity index (χ4n) is 1.74. The van der Waals surface area contributed by atoms with Crippen LogP contribution in [0.25, 0.3) is 10.9 Å². The number of benzene rings is 1. The van der Waals surface area contributed by atoms with Crippen LogP contribution in [-0.4, -0.2) is 37.4 Å². The zero-order valence-corrected chi connectivity index (χ0v) is 12.2. The highest BCUT2D eigenvalue weighted by Crippen LogP contribution is 2.15. The van der Waals surface area contributed by atoms with Crippen molar-refractivity contribution in [1.82, 2.24) is 10.2 Å². The van der Waals surface area contributed by atoms with Crippen molar-refractivity contribution in [3.63, 3.8) is 0 Å². The topological polar surface area (TPSA) is 118 Å². The molecule has 0 atom stereocenters. The normalized spacial score (nSPS) is 11.3. The Bertz CT molecular complexity index is 857. The van der Waals surface area contributed by atoms with Crippen molar-refractivity contribution in [1.29, 1.82) is 0 Å². The van der Waals surface area contributed by atoms with Gasteiger partial charge in [-0.2, -0.15) is 5.10 Å². The van der Waals surface area contributed by atoms with Gasteiger partial charge in [0.15, 0.2) is 0 Å². The first kappa shape index (κ1) is 15.0. The molecule has 0 fully saturated rings. The second-order valence-corrected chi connectivity index (χ2v) is 6.00. The third-order valence-corrected chi connectivity index (χ3v) is 3.15. The standard InChI is InChI=1S/C12H13N3O5S/c1-3-20-12(17)10-11(16)8-6-7(15-21(2,18)19)4-5-9(8)13-14-10/h4-6,15H,3H2,1-2H3,(H,13,16). The van der Waals surface area contributed by atoms with E-state index in [-0.39, 0.29) is 23.4 Å². The van der Waals surface area contributed by atoms with E-state index in [9.17, 15) is 18.0 Å². The fraction of sp³-hybridized carbons (Fsp3) is 0.250. The van der Waals surface area contributed by atoms with E-state index in [0.717, 1.165) is 6.26 Å². The summed E-state index contributed by atoms with van der Waals surface area (Å²) in [6, 6.07) is 4.30. The molecular weight excluding hydrogens is 298 g/mol. The molecule has 8 nitrogen and oxygen atoms in total. The molecule has 2 N–H and O–H groups in total. The number of esters is 1. The van der Waals surface area contributed by atoms with Gasteiger partial charge < -0.3 is 4.74 Å². The summed E-state index contributed by atoms with van der Waals surface area (Å²) in [5.74, 6) is -0.831. The molecule has 0 aliphatic carbocycles. The third kappa shape index (κ3) is 3.37. The van der Waals surface area contributed by atoms with Gasteiger partial charge in [0.1, 0.15) is 0 Å². The molecule has 1 heterocycles. The first-order valence-electron chi connectivity index (χ1n) is 5.99. The first-order valence-corrected chi connectivity index (χ1v) is 7.88. The summed E-state index contributed by atoms with van der Waals surface area (Å²) in [5, 5.41) is 6.38. The zero-order valence-electron chi connectivity index (χ0n) is 11.3. The molecule has 0 saturated carbocycles. The largest absolute Gasteiger partial charge is 0.461 e. The highest BCUT2D eigenvalue weighted by atomic mass is 32.2. The number of aromatic nitrogens is 2. The maximum atomic E-state index is 12.2. The predicted octanol–water partition coefficient (Wildman–Crippen LogP) is 0.471. The van der Waals surface area contributed by atoms with E-state index in [4.69, 9.17) is 4.74 Å². The molecule has 0 saturated heterocycles. The number of carbonyl (C=O) groups excluding carboxylic acids is 1. The summed E-state index contributed by atoms with van der Waals surface area (Å²) in [5.41, 5.74) is -0.399. The molecule has 1 aromatic heterocycles. The summed E-state index contributed by atoms with van der Waals surface area (Å²) >= 11 is 0. The number of hydrogen-bond acceptors (Lipinski definition) is 6. The smallest absolute Gasteiger partial charge is 0.362 e. The minimum atomic E-state index is -3.46. The molecule has 1 aromatic carbocycles. The number of nitrogens with zero attached hydrogens (tertiary/aromatic N) is 1. The van der Waals surface area contributed by atoms with Gasteiger partial charge in [0, 0.05) is 5.69 Å². The lowest BCUT2D eigenvalue weighted by Crippen LogP contribution is -2.21. The lowest BCUT2D eigenvalue weighted by molar-refractivity contribution is 0.0517. The second kappa shape index (κ2) is 5.52. The van der Waals surface area contributed by atoms with Crippen LogP contribution in [0.5, 0.6) is 0 Å². The summed E-state index contributed by atoms with van der Waals surface area (Å²) in [7, 11) is -3.46. The van der Waals surface area contributed by atoms with E-state index in [2.05, 4.69) is 14.9 Å². The molecule has 0 amide bonds. The van der Waals surface area contributed by atoms with Gasteiger partial charge in [-0.15, -0.1) is 0 Å². The van der Waals surface area contributed by atoms with Crippen molar-refractivity contribution in [3.05, 3.63) is 34.1 Å². The Balaban J connectivity index is 2.57. The first-order chi connectivity index (χ1) is 9.81. The van der Waals surface area contributed by atoms with Gasteiger partial charge in [0.25, 0.3) is 0 Å². The number of rotatable bonds is 4. The van der Waals surface area contributed by atoms with Crippen LogP contribution in [0, 0.1) is 0 Å². The van der Waals surface area contributed by atoms with Crippen LogP contribution in [0.2, 0.25) is 0 Å². The molecule has 0 unspecified atom stereocenters. The number of anilines is 1. The Morgan fingerprint density at radius 2 is 2.14 bits per heavy atom. The molecule has 21 heavy (non-hydrogen) atoms. The van der Waals surface area contributed by atoms with Crippen LogP contribution in [-0.2, 0) is 14.8 Å². The number of H-pyrrole nitrogens is 1. The Kier molecular flexibility index (Phi) is 3.94. The summed E-state index contributed by atoms with van der Waals surface area (Å²) in [6.45, 7) is 1.73. The van der Waals surface area contributed by atoms with E-state index < -0.39 is 21.4 Å². The van der Waals surface area contributed by atoms with Crippen molar-refractivity contribution < 1.29 is 17.9 Å². The molecule has 112 valence electrons. The summed E-state index contributed by atoms with van der Waals surface area (Å²) < 4.78 is 29.4. The number of fused-ring (bicyclic) bond motifs is 1. The van der Waals surface area contributed by atoms with Gasteiger partial charge in [-0.05, 0) is 25.1 Å². The van der Waals surface area contributed by atoms with Crippen molar-refractivity contribution in [3.8, 4) is 0 Å². The Morgan fingerprint density at radius 1 is 1.43 bits per heavy atom. The molecule has 0 radical (unpaired) electrons. The van der Waals surface area contributed by atoms with Gasteiger partial charge in [0.2, 0.25) is 21.1 Å². The Labute approximate surface area is 120 Å². The van der Waals surface area contributed by atoms with Crippen LogP contribution in [0.15, 0.2) is 23.0 Å². The number of ether oxygens (including phenoxy) is 1. The van der Waals surface area contributed by atoms with Gasteiger partial charge in [-0.3, -0.25) is 14.6 Å². The Morgan fingerprint density at radius 3 is 2.76 bits per heavy atom. The fourth-order valence-corrected chi connectivity index (χ4v) is 2.29. The number of aromatic amines is 1. The number of carbonyl (C=O) groups is 1. The SMILES string of the molecule is CCOC(=O)c1n[nH]c2ccc(NS(C)(=O)=O)cc2c1=O. The van der Waals surface area contributed by atoms with Crippen LogP contribution >= 0.6 is 0 Å². The number of hydrogen-bond donors (Lipinski definition) is 2. The Hall–Kier alpha value is -2.42. The molecule has 0 bridgehead atoms. The minimum Gasteiger partial charge on any atom is -0.461 e. The molecule has 2 rings (SSSR count). The van der Waals surface area contributed by atoms with E-state index in [1.807, 2.05) is 0 Å². The van der Waals surface area contributed by atoms with Crippen molar-refractivity contribution >= 4 is 32.6 Å². The van der Waals surface area contributed by atoms with Crippen LogP contribution in [0.3, 0.4) is 0 Å². The maximum Gasteiger partial charge on any atom is 0.362 e. The van der Waals surface area contributed by atoms with Crippen LogP contribution in [0.1, 0.15) is 17.4 Å². The minimum absolute atomic E-state index is 0.119. The number of nitrogens with one attached hydrogen (secondary N) is 2. The van der Waals surface area contributed by atoms with Gasteiger partial charge in [-0.25, -0.2) is 13.2 Å². The summed E-state index contributed by atoms with van der Waals surface area (Å²) in [6.07, 6.45) is 0.998. The average molecular weight is 311 g/mol. The molecule has 9 heteroatoms. The third-order valence-electron chi connectivity index (χ3n) is 2.54. The van der Waals surface area contributed by atoms with E-state index >= 15 is 0 Å². The average Bonchev–Trinajstić information content (AvgIpc) is 2.38. The van der Waals surface area contributed by atoms with Crippen molar-refractivity contribution in [2.24, 2.45) is 0 Å². The van der Waals surface area contributed by atoms with Crippen molar-refractivity contribution in [2.45, 2.75) is 6.92 Å². The van der Waals surface area contributed by atoms with E-state index in [1.54, 1.807) is 6.92 Å². The number of sulfonamides is 1. The van der Waals surface area contributed by atoms with E-state index in [0.29, 0.717) is 5.52 Å². The zero-order chi connectivity index (χ0) is 15.6. The quantitative estimate of drug-likeness (QED) is 0.792. The molecule has 0 aliphatic rings. The van der Waals surface area contributed by atoms with Crippen LogP contribution < -0.4 is 10.2 Å². The molecule has 0 spiro atoms. The summed E-state index contributed by atoms with van der Waals surface area (Å²) in [4.78, 5) is 23.8. The van der Waals surface area contributed by atoms with Crippen molar-refractivity contribution in [2.75, 3.05) is 17.6 Å². The molecule has 2 aromatic rings.